The van der Waals surface area contributed by atoms with Crippen molar-refractivity contribution in [2.24, 2.45) is 0 Å². The number of rotatable bonds is 4. The van der Waals surface area contributed by atoms with Crippen LogP contribution in [0.15, 0.2) is 30.3 Å². The van der Waals surface area contributed by atoms with E-state index in [1.807, 2.05) is 37.3 Å². The second-order valence-electron chi connectivity index (χ2n) is 7.84. The van der Waals surface area contributed by atoms with Crippen molar-refractivity contribution in [3.05, 3.63) is 35.9 Å². The van der Waals surface area contributed by atoms with Gasteiger partial charge in [-0.05, 0) is 6.92 Å². The van der Waals surface area contributed by atoms with Crippen molar-refractivity contribution in [2.75, 3.05) is 6.61 Å². The lowest BCUT2D eigenvalue weighted by Gasteiger charge is -2.47. The van der Waals surface area contributed by atoms with E-state index in [0.29, 0.717) is 0 Å². The van der Waals surface area contributed by atoms with Crippen LogP contribution in [-0.2, 0) is 18.9 Å². The Morgan fingerprint density at radius 3 is 2.44 bits per heavy atom. The predicted molar refractivity (Wildman–Crippen MR) is 94.6 cm³/mol. The molecule has 0 aliphatic carbocycles. The average Bonchev–Trinajstić information content (AvgIpc) is 2.58. The fraction of sp³-hybridized carbons (Fsp3) is 0.667. The van der Waals surface area contributed by atoms with Gasteiger partial charge in [0.25, 0.3) is 0 Å². The van der Waals surface area contributed by atoms with Crippen LogP contribution in [0, 0.1) is 0 Å². The molecule has 2 fully saturated rings. The van der Waals surface area contributed by atoms with Crippen LogP contribution < -0.4 is 0 Å². The number of ether oxygens (including phenoxy) is 4. The molecule has 1 aromatic rings. The summed E-state index contributed by atoms with van der Waals surface area (Å²) in [6.45, 7) is 8.77. The van der Waals surface area contributed by atoms with Crippen LogP contribution in [0.3, 0.4) is 0 Å². The van der Waals surface area contributed by atoms with Gasteiger partial charge in [0.1, 0.15) is 24.4 Å². The molecule has 2 unspecified atom stereocenters. The van der Waals surface area contributed by atoms with Gasteiger partial charge in [-0.15, -0.1) is 0 Å². The quantitative estimate of drug-likeness (QED) is 0.790. The molecule has 2 aliphatic heterocycles. The van der Waals surface area contributed by atoms with Crippen molar-refractivity contribution >= 4 is 8.07 Å². The van der Waals surface area contributed by atoms with E-state index in [0.717, 1.165) is 5.56 Å². The maximum atomic E-state index is 10.8. The topological polar surface area (TPSA) is 77.4 Å². The molecule has 2 heterocycles. The summed E-state index contributed by atoms with van der Waals surface area (Å²) in [7, 11) is -1.58. The Kier molecular flexibility index (Phi) is 5.65. The maximum Gasteiger partial charge on any atom is 0.184 e. The number of hydrogen-bond donors (Lipinski definition) is 2. The van der Waals surface area contributed by atoms with E-state index in [2.05, 4.69) is 19.6 Å². The fourth-order valence-electron chi connectivity index (χ4n) is 2.95. The third kappa shape index (κ3) is 4.14. The standard InChI is InChI=1S/C18H28O6Si/c1-11(25(2,3)4)22-16-14(19)15-13(23-17(16)20)10-21-18(24-15)12-8-6-5-7-9-12/h5-9,11,13-20H,10H2,1-4H3/t11?,13-,14+,15+,16-,17-,18?/m1/s1. The highest BCUT2D eigenvalue weighted by Crippen LogP contribution is 2.35. The van der Waals surface area contributed by atoms with Crippen LogP contribution in [0.5, 0.6) is 0 Å². The van der Waals surface area contributed by atoms with Gasteiger partial charge in [0.05, 0.1) is 14.7 Å². The lowest BCUT2D eigenvalue weighted by atomic mass is 9.97. The van der Waals surface area contributed by atoms with Gasteiger partial charge in [-0.3, -0.25) is 0 Å². The fourth-order valence-corrected chi connectivity index (χ4v) is 3.51. The molecule has 6 nitrogen and oxygen atoms in total. The van der Waals surface area contributed by atoms with Crippen molar-refractivity contribution < 1.29 is 29.2 Å². The Morgan fingerprint density at radius 1 is 1.12 bits per heavy atom. The van der Waals surface area contributed by atoms with Crippen LogP contribution in [0.25, 0.3) is 0 Å². The van der Waals surface area contributed by atoms with Gasteiger partial charge < -0.3 is 29.2 Å². The summed E-state index contributed by atoms with van der Waals surface area (Å²) in [6.07, 6.45) is -4.71. The normalized spacial score (nSPS) is 37.4. The summed E-state index contributed by atoms with van der Waals surface area (Å²) in [5.74, 6) is 0. The van der Waals surface area contributed by atoms with Crippen LogP contribution in [0.1, 0.15) is 18.8 Å². The lowest BCUT2D eigenvalue weighted by Crippen LogP contribution is -2.63. The zero-order valence-corrected chi connectivity index (χ0v) is 16.2. The molecule has 0 amide bonds. The van der Waals surface area contributed by atoms with E-state index in [1.54, 1.807) is 0 Å². The van der Waals surface area contributed by atoms with Gasteiger partial charge >= 0.3 is 0 Å². The lowest BCUT2D eigenvalue weighted by molar-refractivity contribution is -0.360. The summed E-state index contributed by atoms with van der Waals surface area (Å²) in [4.78, 5) is 0. The monoisotopic (exact) mass is 368 g/mol. The first-order valence-electron chi connectivity index (χ1n) is 8.76. The smallest absolute Gasteiger partial charge is 0.184 e. The minimum Gasteiger partial charge on any atom is -0.387 e. The maximum absolute atomic E-state index is 10.8. The first kappa shape index (κ1) is 19.0. The first-order valence-corrected chi connectivity index (χ1v) is 12.3. The molecule has 0 saturated carbocycles. The Balaban J connectivity index is 1.72. The van der Waals surface area contributed by atoms with Gasteiger partial charge in [0.15, 0.2) is 12.6 Å². The largest absolute Gasteiger partial charge is 0.387 e. The second kappa shape index (κ2) is 7.44. The molecule has 7 heteroatoms. The third-order valence-electron chi connectivity index (χ3n) is 4.98. The number of benzene rings is 1. The first-order chi connectivity index (χ1) is 11.8. The molecule has 7 atom stereocenters. The molecule has 140 valence electrons. The van der Waals surface area contributed by atoms with Gasteiger partial charge in [-0.2, -0.15) is 0 Å². The van der Waals surface area contributed by atoms with Gasteiger partial charge in [0, 0.05) is 11.3 Å². The van der Waals surface area contributed by atoms with Crippen molar-refractivity contribution in [1.82, 2.24) is 0 Å². The Morgan fingerprint density at radius 2 is 1.80 bits per heavy atom. The summed E-state index contributed by atoms with van der Waals surface area (Å²) >= 11 is 0. The molecule has 0 bridgehead atoms. The summed E-state index contributed by atoms with van der Waals surface area (Å²) in [5, 5.41) is 21.1. The van der Waals surface area contributed by atoms with Crippen molar-refractivity contribution in [3.63, 3.8) is 0 Å². The average molecular weight is 369 g/mol. The number of fused-ring (bicyclic) bond motifs is 1. The van der Waals surface area contributed by atoms with Crippen LogP contribution in [-0.4, -0.2) is 61.3 Å². The van der Waals surface area contributed by atoms with Crippen LogP contribution >= 0.6 is 0 Å². The van der Waals surface area contributed by atoms with Gasteiger partial charge in [0.2, 0.25) is 0 Å². The molecule has 25 heavy (non-hydrogen) atoms. The SMILES string of the molecule is CC(O[C@@H]1[C@@H](O)[C@H]2OC(c3ccccc3)OC[C@H]2O[C@H]1O)[Si](C)(C)C. The zero-order chi connectivity index (χ0) is 18.2. The van der Waals surface area contributed by atoms with E-state index < -0.39 is 45.1 Å². The molecule has 0 spiro atoms. The number of aliphatic hydroxyl groups excluding tert-OH is 2. The second-order valence-corrected chi connectivity index (χ2v) is 13.4. The molecule has 2 aliphatic rings. The van der Waals surface area contributed by atoms with E-state index >= 15 is 0 Å². The molecular formula is C18H28O6Si. The molecular weight excluding hydrogens is 340 g/mol. The molecule has 2 saturated heterocycles. The highest BCUT2D eigenvalue weighted by molar-refractivity contribution is 6.77. The third-order valence-corrected chi connectivity index (χ3v) is 7.56. The Bertz CT molecular complexity index is 562. The minimum absolute atomic E-state index is 0.0355. The zero-order valence-electron chi connectivity index (χ0n) is 15.2. The van der Waals surface area contributed by atoms with Crippen molar-refractivity contribution in [3.8, 4) is 0 Å². The van der Waals surface area contributed by atoms with Gasteiger partial charge in [-0.1, -0.05) is 50.0 Å². The molecule has 1 aromatic carbocycles. The molecule has 3 rings (SSSR count). The van der Waals surface area contributed by atoms with Crippen LogP contribution in [0.2, 0.25) is 19.6 Å². The summed E-state index contributed by atoms with van der Waals surface area (Å²) in [6, 6.07) is 9.57. The summed E-state index contributed by atoms with van der Waals surface area (Å²) < 4.78 is 23.2. The molecule has 0 aromatic heterocycles. The Hall–Kier alpha value is -0.803. The van der Waals surface area contributed by atoms with Crippen molar-refractivity contribution in [1.29, 1.82) is 0 Å². The van der Waals surface area contributed by atoms with Crippen molar-refractivity contribution in [2.45, 2.75) is 69.3 Å². The van der Waals surface area contributed by atoms with Gasteiger partial charge in [-0.25, -0.2) is 0 Å². The van der Waals surface area contributed by atoms with E-state index in [-0.39, 0.29) is 12.3 Å². The van der Waals surface area contributed by atoms with E-state index in [9.17, 15) is 10.2 Å². The van der Waals surface area contributed by atoms with Crippen LogP contribution in [0.4, 0.5) is 0 Å². The minimum atomic E-state index is -1.58. The molecule has 2 N–H and O–H groups in total. The highest BCUT2D eigenvalue weighted by Gasteiger charge is 2.50. The Labute approximate surface area is 149 Å². The number of aliphatic hydroxyl groups is 2. The predicted octanol–water partition coefficient (Wildman–Crippen LogP) is 1.83. The highest BCUT2D eigenvalue weighted by atomic mass is 28.3. The van der Waals surface area contributed by atoms with E-state index in [4.69, 9.17) is 18.9 Å². The number of hydrogen-bond acceptors (Lipinski definition) is 6. The molecule has 0 radical (unpaired) electrons. The van der Waals surface area contributed by atoms with E-state index in [1.165, 1.54) is 0 Å². The summed E-state index contributed by atoms with van der Waals surface area (Å²) in [5.41, 5.74) is 0.846.